The SMILES string of the molecule is COc1ccccc1CNC(=O)Nc1ccc(C(C)C)cc1. The zero-order valence-electron chi connectivity index (χ0n) is 13.2. The van der Waals surface area contributed by atoms with Crippen LogP contribution in [0.15, 0.2) is 48.5 Å². The number of rotatable bonds is 5. The molecule has 2 rings (SSSR count). The number of para-hydroxylation sites is 1. The molecule has 0 spiro atoms. The second-order valence-corrected chi connectivity index (χ2v) is 5.40. The van der Waals surface area contributed by atoms with E-state index in [1.54, 1.807) is 7.11 Å². The minimum absolute atomic E-state index is 0.233. The maximum atomic E-state index is 11.9. The number of hydrogen-bond donors (Lipinski definition) is 2. The van der Waals surface area contributed by atoms with Gasteiger partial charge in [0.2, 0.25) is 0 Å². The second-order valence-electron chi connectivity index (χ2n) is 5.40. The van der Waals surface area contributed by atoms with Crippen LogP contribution in [0, 0.1) is 0 Å². The zero-order chi connectivity index (χ0) is 15.9. The number of ether oxygens (including phenoxy) is 1. The Balaban J connectivity index is 1.90. The van der Waals surface area contributed by atoms with Gasteiger partial charge in [-0.15, -0.1) is 0 Å². The van der Waals surface area contributed by atoms with Gasteiger partial charge in [0.1, 0.15) is 5.75 Å². The highest BCUT2D eigenvalue weighted by molar-refractivity contribution is 5.89. The highest BCUT2D eigenvalue weighted by Gasteiger charge is 2.05. The third-order valence-electron chi connectivity index (χ3n) is 3.47. The smallest absolute Gasteiger partial charge is 0.319 e. The second kappa shape index (κ2) is 7.50. The summed E-state index contributed by atoms with van der Waals surface area (Å²) in [5, 5.41) is 5.65. The molecule has 0 heterocycles. The van der Waals surface area contributed by atoms with E-state index in [0.29, 0.717) is 12.5 Å². The van der Waals surface area contributed by atoms with Crippen LogP contribution in [0.4, 0.5) is 10.5 Å². The number of anilines is 1. The predicted molar refractivity (Wildman–Crippen MR) is 89.4 cm³/mol. The highest BCUT2D eigenvalue weighted by atomic mass is 16.5. The predicted octanol–water partition coefficient (Wildman–Crippen LogP) is 4.14. The van der Waals surface area contributed by atoms with Crippen molar-refractivity contribution in [3.63, 3.8) is 0 Å². The van der Waals surface area contributed by atoms with E-state index in [2.05, 4.69) is 24.5 Å². The van der Waals surface area contributed by atoms with Crippen LogP contribution >= 0.6 is 0 Å². The first-order valence-corrected chi connectivity index (χ1v) is 7.37. The fourth-order valence-electron chi connectivity index (χ4n) is 2.15. The van der Waals surface area contributed by atoms with Crippen LogP contribution in [0.2, 0.25) is 0 Å². The third kappa shape index (κ3) is 4.25. The van der Waals surface area contributed by atoms with E-state index in [-0.39, 0.29) is 6.03 Å². The Hall–Kier alpha value is -2.49. The number of benzene rings is 2. The quantitative estimate of drug-likeness (QED) is 0.871. The number of carbonyl (C=O) groups is 1. The Morgan fingerprint density at radius 1 is 1.09 bits per heavy atom. The van der Waals surface area contributed by atoms with E-state index in [4.69, 9.17) is 4.74 Å². The van der Waals surface area contributed by atoms with Gasteiger partial charge in [0.15, 0.2) is 0 Å². The monoisotopic (exact) mass is 298 g/mol. The maximum Gasteiger partial charge on any atom is 0.319 e. The molecule has 0 aliphatic heterocycles. The summed E-state index contributed by atoms with van der Waals surface area (Å²) >= 11 is 0. The van der Waals surface area contributed by atoms with Crippen LogP contribution in [0.5, 0.6) is 5.75 Å². The molecule has 0 aliphatic carbocycles. The minimum atomic E-state index is -0.233. The van der Waals surface area contributed by atoms with Crippen molar-refractivity contribution in [1.29, 1.82) is 0 Å². The van der Waals surface area contributed by atoms with Crippen LogP contribution in [0.1, 0.15) is 30.9 Å². The highest BCUT2D eigenvalue weighted by Crippen LogP contribution is 2.18. The standard InChI is InChI=1S/C18H22N2O2/c1-13(2)14-8-10-16(11-9-14)20-18(21)19-12-15-6-4-5-7-17(15)22-3/h4-11,13H,12H2,1-3H3,(H2,19,20,21). The molecular weight excluding hydrogens is 276 g/mol. The van der Waals surface area contributed by atoms with Gasteiger partial charge in [-0.3, -0.25) is 0 Å². The Labute approximate surface area is 131 Å². The van der Waals surface area contributed by atoms with Gasteiger partial charge in [-0.2, -0.15) is 0 Å². The van der Waals surface area contributed by atoms with Crippen LogP contribution in [-0.4, -0.2) is 13.1 Å². The number of nitrogens with one attached hydrogen (secondary N) is 2. The fraction of sp³-hybridized carbons (Fsp3) is 0.278. The van der Waals surface area contributed by atoms with Gasteiger partial charge in [-0.25, -0.2) is 4.79 Å². The number of carbonyl (C=O) groups excluding carboxylic acids is 1. The van der Waals surface area contributed by atoms with Gasteiger partial charge in [-0.05, 0) is 29.7 Å². The molecule has 0 aliphatic rings. The molecule has 4 nitrogen and oxygen atoms in total. The summed E-state index contributed by atoms with van der Waals surface area (Å²) in [5.41, 5.74) is 2.97. The lowest BCUT2D eigenvalue weighted by molar-refractivity contribution is 0.251. The average molecular weight is 298 g/mol. The molecule has 0 atom stereocenters. The molecule has 22 heavy (non-hydrogen) atoms. The van der Waals surface area contributed by atoms with Crippen molar-refractivity contribution in [1.82, 2.24) is 5.32 Å². The molecule has 2 aromatic rings. The number of urea groups is 1. The number of methoxy groups -OCH3 is 1. The summed E-state index contributed by atoms with van der Waals surface area (Å²) in [4.78, 5) is 11.9. The molecule has 0 radical (unpaired) electrons. The summed E-state index contributed by atoms with van der Waals surface area (Å²) in [6.45, 7) is 4.70. The third-order valence-corrected chi connectivity index (χ3v) is 3.47. The fourth-order valence-corrected chi connectivity index (χ4v) is 2.15. The van der Waals surface area contributed by atoms with E-state index in [1.165, 1.54) is 5.56 Å². The molecule has 2 aromatic carbocycles. The molecule has 0 fully saturated rings. The summed E-state index contributed by atoms with van der Waals surface area (Å²) < 4.78 is 5.26. The van der Waals surface area contributed by atoms with Crippen molar-refractivity contribution in [3.05, 3.63) is 59.7 Å². The van der Waals surface area contributed by atoms with Gasteiger partial charge in [-0.1, -0.05) is 44.2 Å². The first kappa shape index (κ1) is 15.9. The first-order valence-electron chi connectivity index (χ1n) is 7.37. The molecule has 116 valence electrons. The van der Waals surface area contributed by atoms with Crippen molar-refractivity contribution in [2.45, 2.75) is 26.3 Å². The Kier molecular flexibility index (Phi) is 5.42. The molecule has 2 amide bonds. The van der Waals surface area contributed by atoms with Gasteiger partial charge < -0.3 is 15.4 Å². The van der Waals surface area contributed by atoms with Crippen molar-refractivity contribution in [2.24, 2.45) is 0 Å². The lowest BCUT2D eigenvalue weighted by atomic mass is 10.0. The van der Waals surface area contributed by atoms with Gasteiger partial charge >= 0.3 is 6.03 Å². The van der Waals surface area contributed by atoms with Gasteiger partial charge in [0, 0.05) is 17.8 Å². The largest absolute Gasteiger partial charge is 0.496 e. The van der Waals surface area contributed by atoms with E-state index in [9.17, 15) is 4.79 Å². The Morgan fingerprint density at radius 2 is 1.77 bits per heavy atom. The zero-order valence-corrected chi connectivity index (χ0v) is 13.2. The molecule has 0 bridgehead atoms. The summed E-state index contributed by atoms with van der Waals surface area (Å²) in [5.74, 6) is 1.25. The van der Waals surface area contributed by atoms with E-state index >= 15 is 0 Å². The summed E-state index contributed by atoms with van der Waals surface area (Å²) in [6.07, 6.45) is 0. The van der Waals surface area contributed by atoms with Crippen LogP contribution in [0.3, 0.4) is 0 Å². The lowest BCUT2D eigenvalue weighted by Crippen LogP contribution is -2.28. The first-order chi connectivity index (χ1) is 10.6. The van der Waals surface area contributed by atoms with Crippen LogP contribution in [0.25, 0.3) is 0 Å². The molecule has 4 heteroatoms. The molecule has 2 N–H and O–H groups in total. The molecule has 0 saturated carbocycles. The number of hydrogen-bond acceptors (Lipinski definition) is 2. The van der Waals surface area contributed by atoms with Gasteiger partial charge in [0.05, 0.1) is 7.11 Å². The van der Waals surface area contributed by atoms with Crippen molar-refractivity contribution >= 4 is 11.7 Å². The molecule has 0 aromatic heterocycles. The maximum absolute atomic E-state index is 11.9. The van der Waals surface area contributed by atoms with E-state index in [1.807, 2.05) is 48.5 Å². The topological polar surface area (TPSA) is 50.4 Å². The van der Waals surface area contributed by atoms with E-state index in [0.717, 1.165) is 17.0 Å². The minimum Gasteiger partial charge on any atom is -0.496 e. The Bertz CT molecular complexity index is 621. The van der Waals surface area contributed by atoms with Crippen LogP contribution < -0.4 is 15.4 Å². The van der Waals surface area contributed by atoms with Crippen molar-refractivity contribution in [3.8, 4) is 5.75 Å². The molecular formula is C18H22N2O2. The van der Waals surface area contributed by atoms with Gasteiger partial charge in [0.25, 0.3) is 0 Å². The average Bonchev–Trinajstić information content (AvgIpc) is 2.53. The van der Waals surface area contributed by atoms with Crippen LogP contribution in [-0.2, 0) is 6.54 Å². The summed E-state index contributed by atoms with van der Waals surface area (Å²) in [7, 11) is 1.62. The Morgan fingerprint density at radius 3 is 2.41 bits per heavy atom. The van der Waals surface area contributed by atoms with Crippen molar-refractivity contribution < 1.29 is 9.53 Å². The molecule has 0 unspecified atom stereocenters. The van der Waals surface area contributed by atoms with E-state index < -0.39 is 0 Å². The summed E-state index contributed by atoms with van der Waals surface area (Å²) in [6, 6.07) is 15.3. The molecule has 0 saturated heterocycles. The lowest BCUT2D eigenvalue weighted by Gasteiger charge is -2.11. The number of amides is 2. The normalized spacial score (nSPS) is 10.4. The van der Waals surface area contributed by atoms with Crippen molar-refractivity contribution in [2.75, 3.05) is 12.4 Å².